The van der Waals surface area contributed by atoms with Crippen LogP contribution in [0.4, 0.5) is 13.2 Å². The SMILES string of the molecule is COc1nc(OC(F)(F)F)c(I)cc1CCl. The maximum Gasteiger partial charge on any atom is 0.574 e. The van der Waals surface area contributed by atoms with Gasteiger partial charge in [-0.15, -0.1) is 24.8 Å². The Kier molecular flexibility index (Phi) is 4.48. The fraction of sp³-hybridized carbons (Fsp3) is 0.375. The van der Waals surface area contributed by atoms with E-state index >= 15 is 0 Å². The first kappa shape index (κ1) is 13.6. The molecule has 0 aliphatic rings. The Labute approximate surface area is 108 Å². The summed E-state index contributed by atoms with van der Waals surface area (Å²) in [6.07, 6.45) is -4.78. The van der Waals surface area contributed by atoms with E-state index in [2.05, 4.69) is 9.72 Å². The van der Waals surface area contributed by atoms with Crippen molar-refractivity contribution in [3.05, 3.63) is 15.2 Å². The predicted octanol–water partition coefficient (Wildman–Crippen LogP) is 3.33. The normalized spacial score (nSPS) is 11.4. The van der Waals surface area contributed by atoms with Crippen LogP contribution in [0.15, 0.2) is 6.07 Å². The molecule has 0 atom stereocenters. The van der Waals surface area contributed by atoms with Crippen LogP contribution in [0, 0.1) is 3.57 Å². The highest BCUT2D eigenvalue weighted by Gasteiger charge is 2.33. The summed E-state index contributed by atoms with van der Waals surface area (Å²) in [5.74, 6) is -0.424. The third kappa shape index (κ3) is 3.55. The molecule has 0 saturated carbocycles. The van der Waals surface area contributed by atoms with Crippen molar-refractivity contribution >= 4 is 34.2 Å². The lowest BCUT2D eigenvalue weighted by Gasteiger charge is -2.12. The number of aromatic nitrogens is 1. The summed E-state index contributed by atoms with van der Waals surface area (Å²) in [6.45, 7) is 0. The molecule has 0 fully saturated rings. The van der Waals surface area contributed by atoms with Crippen molar-refractivity contribution in [3.63, 3.8) is 0 Å². The average Bonchev–Trinajstić information content (AvgIpc) is 2.18. The molecule has 1 aromatic heterocycles. The lowest BCUT2D eigenvalue weighted by Crippen LogP contribution is -2.19. The topological polar surface area (TPSA) is 31.4 Å². The molecule has 0 unspecified atom stereocenters. The minimum atomic E-state index is -4.78. The van der Waals surface area contributed by atoms with Gasteiger partial charge in [-0.25, -0.2) is 0 Å². The maximum atomic E-state index is 12.0. The van der Waals surface area contributed by atoms with Crippen LogP contribution in [0.1, 0.15) is 5.56 Å². The van der Waals surface area contributed by atoms with Gasteiger partial charge in [-0.2, -0.15) is 4.98 Å². The lowest BCUT2D eigenvalue weighted by atomic mass is 10.3. The molecule has 1 heterocycles. The molecule has 1 rings (SSSR count). The molecule has 0 amide bonds. The van der Waals surface area contributed by atoms with Gasteiger partial charge in [0.2, 0.25) is 11.8 Å². The van der Waals surface area contributed by atoms with E-state index in [1.807, 2.05) is 0 Å². The highest BCUT2D eigenvalue weighted by molar-refractivity contribution is 14.1. The smallest absolute Gasteiger partial charge is 0.481 e. The molecule has 0 radical (unpaired) electrons. The Bertz CT molecular complexity index is 386. The summed E-state index contributed by atoms with van der Waals surface area (Å²) < 4.78 is 44.8. The Morgan fingerprint density at radius 2 is 2.06 bits per heavy atom. The van der Waals surface area contributed by atoms with Crippen molar-refractivity contribution in [2.24, 2.45) is 0 Å². The van der Waals surface area contributed by atoms with Crippen LogP contribution in [-0.4, -0.2) is 18.5 Å². The van der Waals surface area contributed by atoms with Crippen LogP contribution in [-0.2, 0) is 5.88 Å². The van der Waals surface area contributed by atoms with Gasteiger partial charge in [-0.1, -0.05) is 0 Å². The molecule has 8 heteroatoms. The minimum Gasteiger partial charge on any atom is -0.481 e. The molecule has 0 saturated heterocycles. The van der Waals surface area contributed by atoms with E-state index in [0.717, 1.165) is 0 Å². The van der Waals surface area contributed by atoms with Crippen LogP contribution in [0.2, 0.25) is 0 Å². The zero-order chi connectivity index (χ0) is 12.3. The summed E-state index contributed by atoms with van der Waals surface area (Å²) >= 11 is 7.26. The van der Waals surface area contributed by atoms with Crippen molar-refractivity contribution in [2.45, 2.75) is 12.2 Å². The molecule has 90 valence electrons. The highest BCUT2D eigenvalue weighted by atomic mass is 127. The van der Waals surface area contributed by atoms with Gasteiger partial charge < -0.3 is 9.47 Å². The maximum absolute atomic E-state index is 12.0. The van der Waals surface area contributed by atoms with Gasteiger partial charge in [0.1, 0.15) is 0 Å². The predicted molar refractivity (Wildman–Crippen MR) is 59.7 cm³/mol. The van der Waals surface area contributed by atoms with Crippen molar-refractivity contribution in [2.75, 3.05) is 7.11 Å². The number of alkyl halides is 4. The standard InChI is InChI=1S/C8H6ClF3INO2/c1-15-6-4(3-9)2-5(13)7(14-6)16-8(10,11)12/h2H,3H2,1H3. The summed E-state index contributed by atoms with van der Waals surface area (Å²) in [5.41, 5.74) is 0.503. The van der Waals surface area contributed by atoms with Crippen molar-refractivity contribution < 1.29 is 22.6 Å². The van der Waals surface area contributed by atoms with Crippen molar-refractivity contribution in [1.82, 2.24) is 4.98 Å². The van der Waals surface area contributed by atoms with E-state index < -0.39 is 12.2 Å². The number of halogens is 5. The Hall–Kier alpha value is -0.440. The van der Waals surface area contributed by atoms with E-state index in [4.69, 9.17) is 16.3 Å². The second-order valence-corrected chi connectivity index (χ2v) is 4.05. The first-order valence-corrected chi connectivity index (χ1v) is 5.54. The molecule has 16 heavy (non-hydrogen) atoms. The third-order valence-corrected chi connectivity index (χ3v) is 2.59. The Morgan fingerprint density at radius 3 is 2.50 bits per heavy atom. The van der Waals surface area contributed by atoms with Gasteiger partial charge in [0.25, 0.3) is 0 Å². The number of methoxy groups -OCH3 is 1. The van der Waals surface area contributed by atoms with Crippen LogP contribution in [0.5, 0.6) is 11.8 Å². The number of hydrogen-bond acceptors (Lipinski definition) is 3. The van der Waals surface area contributed by atoms with Gasteiger partial charge in [0.05, 0.1) is 16.6 Å². The molecule has 0 aromatic carbocycles. The molecule has 0 aliphatic carbocycles. The molecule has 3 nitrogen and oxygen atoms in total. The summed E-state index contributed by atoms with van der Waals surface area (Å²) in [5, 5.41) is 0. The largest absolute Gasteiger partial charge is 0.574 e. The monoisotopic (exact) mass is 367 g/mol. The Balaban J connectivity index is 3.11. The van der Waals surface area contributed by atoms with Crippen LogP contribution in [0.3, 0.4) is 0 Å². The van der Waals surface area contributed by atoms with E-state index in [1.54, 1.807) is 22.6 Å². The number of hydrogen-bond donors (Lipinski definition) is 0. The van der Waals surface area contributed by atoms with Crippen LogP contribution in [0.25, 0.3) is 0 Å². The summed E-state index contributed by atoms with van der Waals surface area (Å²) in [6, 6.07) is 1.43. The number of pyridine rings is 1. The fourth-order valence-electron chi connectivity index (χ4n) is 0.948. The zero-order valence-electron chi connectivity index (χ0n) is 7.94. The minimum absolute atomic E-state index is 0.0228. The molecule has 1 aromatic rings. The van der Waals surface area contributed by atoms with E-state index in [-0.39, 0.29) is 15.3 Å². The average molecular weight is 367 g/mol. The summed E-state index contributed by atoms with van der Waals surface area (Å²) in [4.78, 5) is 3.59. The molecular weight excluding hydrogens is 361 g/mol. The van der Waals surface area contributed by atoms with Gasteiger partial charge >= 0.3 is 6.36 Å². The zero-order valence-corrected chi connectivity index (χ0v) is 10.9. The number of nitrogens with zero attached hydrogens (tertiary/aromatic N) is 1. The van der Waals surface area contributed by atoms with E-state index in [9.17, 15) is 13.2 Å². The molecule has 0 N–H and O–H groups in total. The van der Waals surface area contributed by atoms with Gasteiger partial charge in [-0.05, 0) is 28.7 Å². The van der Waals surface area contributed by atoms with Gasteiger partial charge in [0, 0.05) is 5.56 Å². The lowest BCUT2D eigenvalue weighted by molar-refractivity contribution is -0.276. The summed E-state index contributed by atoms with van der Waals surface area (Å²) in [7, 11) is 1.29. The Morgan fingerprint density at radius 1 is 1.44 bits per heavy atom. The van der Waals surface area contributed by atoms with Crippen molar-refractivity contribution in [1.29, 1.82) is 0 Å². The molecule has 0 bridgehead atoms. The van der Waals surface area contributed by atoms with Crippen LogP contribution >= 0.6 is 34.2 Å². The van der Waals surface area contributed by atoms with Crippen molar-refractivity contribution in [3.8, 4) is 11.8 Å². The van der Waals surface area contributed by atoms with Crippen LogP contribution < -0.4 is 9.47 Å². The van der Waals surface area contributed by atoms with Gasteiger partial charge in [-0.3, -0.25) is 0 Å². The quantitative estimate of drug-likeness (QED) is 0.607. The first-order valence-electron chi connectivity index (χ1n) is 3.92. The second-order valence-electron chi connectivity index (χ2n) is 2.63. The number of ether oxygens (including phenoxy) is 2. The van der Waals surface area contributed by atoms with E-state index in [1.165, 1.54) is 13.2 Å². The second kappa shape index (κ2) is 5.26. The molecule has 0 spiro atoms. The first-order chi connectivity index (χ1) is 7.37. The van der Waals surface area contributed by atoms with E-state index in [0.29, 0.717) is 5.56 Å². The molecule has 0 aliphatic heterocycles. The number of rotatable bonds is 3. The third-order valence-electron chi connectivity index (χ3n) is 1.53. The fourth-order valence-corrected chi connectivity index (χ4v) is 1.75. The van der Waals surface area contributed by atoms with Gasteiger partial charge in [0.15, 0.2) is 0 Å². The highest BCUT2D eigenvalue weighted by Crippen LogP contribution is 2.30. The molecular formula is C8H6ClF3INO2.